The van der Waals surface area contributed by atoms with Crippen LogP contribution in [0.1, 0.15) is 309 Å². The van der Waals surface area contributed by atoms with Gasteiger partial charge in [-0.2, -0.15) is 0 Å². The van der Waals surface area contributed by atoms with E-state index in [1.54, 1.807) is 6.08 Å². The highest BCUT2D eigenvalue weighted by Gasteiger charge is 2.17. The SMILES string of the molecule is CCCCCCCCCCCCCCCCCCCCC/C=C/C(O)C(CO)NC(=O)CC/C=C\C/C=C\CCCCCCCCOC(=O)CCCCCCCCCCCCCCCCC. The molecule has 388 valence electrons. The van der Waals surface area contributed by atoms with Crippen molar-refractivity contribution in [3.63, 3.8) is 0 Å². The Morgan fingerprint density at radius 1 is 0.424 bits per heavy atom. The molecular formula is C60H113NO5. The first-order chi connectivity index (χ1) is 32.5. The number of unbranched alkanes of at least 4 members (excludes halogenated alkanes) is 39. The molecule has 0 bridgehead atoms. The zero-order chi connectivity index (χ0) is 47.9. The monoisotopic (exact) mass is 928 g/mol. The Hall–Kier alpha value is -1.92. The van der Waals surface area contributed by atoms with Gasteiger partial charge in [0.15, 0.2) is 0 Å². The first-order valence-electron chi connectivity index (χ1n) is 29.3. The number of aliphatic hydroxyl groups excluding tert-OH is 2. The van der Waals surface area contributed by atoms with Gasteiger partial charge in [0.25, 0.3) is 0 Å². The zero-order valence-electron chi connectivity index (χ0n) is 44.2. The number of aliphatic hydroxyl groups is 2. The summed E-state index contributed by atoms with van der Waals surface area (Å²) in [6, 6.07) is -0.672. The second-order valence-electron chi connectivity index (χ2n) is 20.0. The third-order valence-corrected chi connectivity index (χ3v) is 13.4. The van der Waals surface area contributed by atoms with Crippen LogP contribution in [0.5, 0.6) is 0 Å². The summed E-state index contributed by atoms with van der Waals surface area (Å²) in [5.74, 6) is -0.162. The lowest BCUT2D eigenvalue weighted by molar-refractivity contribution is -0.143. The van der Waals surface area contributed by atoms with E-state index in [1.807, 2.05) is 12.2 Å². The average molecular weight is 929 g/mol. The number of amides is 1. The minimum Gasteiger partial charge on any atom is -0.466 e. The van der Waals surface area contributed by atoms with E-state index in [-0.39, 0.29) is 18.5 Å². The predicted molar refractivity (Wildman–Crippen MR) is 287 cm³/mol. The number of hydrogen-bond acceptors (Lipinski definition) is 5. The Morgan fingerprint density at radius 3 is 1.18 bits per heavy atom. The Morgan fingerprint density at radius 2 is 0.773 bits per heavy atom. The summed E-state index contributed by atoms with van der Waals surface area (Å²) in [7, 11) is 0. The quantitative estimate of drug-likeness (QED) is 0.0321. The number of allylic oxidation sites excluding steroid dienone is 5. The van der Waals surface area contributed by atoms with Gasteiger partial charge in [0, 0.05) is 12.8 Å². The van der Waals surface area contributed by atoms with Gasteiger partial charge in [0.2, 0.25) is 5.91 Å². The first-order valence-corrected chi connectivity index (χ1v) is 29.3. The second-order valence-corrected chi connectivity index (χ2v) is 20.0. The molecule has 6 nitrogen and oxygen atoms in total. The smallest absolute Gasteiger partial charge is 0.305 e. The average Bonchev–Trinajstić information content (AvgIpc) is 3.32. The molecule has 0 radical (unpaired) electrons. The van der Waals surface area contributed by atoms with Gasteiger partial charge in [-0.1, -0.05) is 281 Å². The summed E-state index contributed by atoms with van der Waals surface area (Å²) >= 11 is 0. The number of nitrogens with one attached hydrogen (secondary N) is 1. The van der Waals surface area contributed by atoms with Gasteiger partial charge in [-0.3, -0.25) is 9.59 Å². The lowest BCUT2D eigenvalue weighted by Crippen LogP contribution is -2.45. The fourth-order valence-electron chi connectivity index (χ4n) is 8.92. The Kier molecular flexibility index (Phi) is 54.1. The number of hydrogen-bond donors (Lipinski definition) is 3. The molecule has 2 atom stereocenters. The fraction of sp³-hybridized carbons (Fsp3) is 0.867. The zero-order valence-corrected chi connectivity index (χ0v) is 44.2. The lowest BCUT2D eigenvalue weighted by Gasteiger charge is -2.19. The molecule has 0 spiro atoms. The third-order valence-electron chi connectivity index (χ3n) is 13.4. The van der Waals surface area contributed by atoms with Crippen LogP contribution in [0.15, 0.2) is 36.5 Å². The van der Waals surface area contributed by atoms with Crippen molar-refractivity contribution >= 4 is 11.9 Å². The van der Waals surface area contributed by atoms with Crippen LogP contribution in [-0.2, 0) is 14.3 Å². The van der Waals surface area contributed by atoms with Crippen molar-refractivity contribution in [3.05, 3.63) is 36.5 Å². The fourth-order valence-corrected chi connectivity index (χ4v) is 8.92. The molecule has 0 rings (SSSR count). The molecule has 3 N–H and O–H groups in total. The summed E-state index contributed by atoms with van der Waals surface area (Å²) in [5, 5.41) is 23.1. The van der Waals surface area contributed by atoms with Crippen LogP contribution < -0.4 is 5.32 Å². The van der Waals surface area contributed by atoms with Crippen molar-refractivity contribution in [2.24, 2.45) is 0 Å². The van der Waals surface area contributed by atoms with E-state index in [1.165, 1.54) is 225 Å². The molecule has 0 aromatic rings. The van der Waals surface area contributed by atoms with Gasteiger partial charge in [-0.05, 0) is 51.4 Å². The molecule has 0 aliphatic rings. The van der Waals surface area contributed by atoms with E-state index < -0.39 is 12.1 Å². The molecule has 0 aliphatic carbocycles. The summed E-state index contributed by atoms with van der Waals surface area (Å²) in [6.07, 6.45) is 68.9. The summed E-state index contributed by atoms with van der Waals surface area (Å²) in [4.78, 5) is 24.5. The molecular weight excluding hydrogens is 815 g/mol. The maximum Gasteiger partial charge on any atom is 0.305 e. The van der Waals surface area contributed by atoms with Crippen LogP contribution in [-0.4, -0.2) is 47.4 Å². The minimum atomic E-state index is -0.880. The molecule has 0 saturated carbocycles. The number of ether oxygens (including phenoxy) is 1. The highest BCUT2D eigenvalue weighted by Crippen LogP contribution is 2.17. The van der Waals surface area contributed by atoms with E-state index in [2.05, 4.69) is 37.4 Å². The van der Waals surface area contributed by atoms with Gasteiger partial charge in [-0.15, -0.1) is 0 Å². The molecule has 1 amide bonds. The van der Waals surface area contributed by atoms with Gasteiger partial charge >= 0.3 is 5.97 Å². The second kappa shape index (κ2) is 55.7. The lowest BCUT2D eigenvalue weighted by atomic mass is 10.0. The molecule has 0 aliphatic heterocycles. The van der Waals surface area contributed by atoms with E-state index in [4.69, 9.17) is 4.74 Å². The number of carbonyl (C=O) groups is 2. The van der Waals surface area contributed by atoms with Crippen molar-refractivity contribution in [1.82, 2.24) is 5.32 Å². The summed E-state index contributed by atoms with van der Waals surface area (Å²) in [6.45, 7) is 4.86. The minimum absolute atomic E-state index is 0.0154. The van der Waals surface area contributed by atoms with E-state index in [0.717, 1.165) is 51.4 Å². The number of esters is 1. The first kappa shape index (κ1) is 64.1. The number of rotatable bonds is 54. The van der Waals surface area contributed by atoms with Crippen molar-refractivity contribution in [2.45, 2.75) is 321 Å². The van der Waals surface area contributed by atoms with E-state index in [9.17, 15) is 19.8 Å². The van der Waals surface area contributed by atoms with Crippen LogP contribution >= 0.6 is 0 Å². The van der Waals surface area contributed by atoms with Crippen LogP contribution in [0.3, 0.4) is 0 Å². The van der Waals surface area contributed by atoms with Crippen LogP contribution in [0.2, 0.25) is 0 Å². The molecule has 2 unspecified atom stereocenters. The normalized spacial score (nSPS) is 12.8. The standard InChI is InChI=1S/C60H113NO5/c1-3-5-7-9-11-13-15-17-19-20-21-22-23-24-26-28-32-36-40-44-48-52-58(63)57(56-62)61-59(64)53-49-45-41-37-33-29-27-31-35-39-43-47-51-55-66-60(65)54-50-46-42-38-34-30-25-18-16-14-12-10-8-6-4-2/h29,33,41,45,48,52,57-58,62-63H,3-28,30-32,34-40,42-44,46-47,49-51,53-56H2,1-2H3,(H,61,64)/b33-29-,45-41-,52-48+. The Bertz CT molecular complexity index is 1070. The molecule has 0 aromatic carbocycles. The van der Waals surface area contributed by atoms with Crippen LogP contribution in [0, 0.1) is 0 Å². The largest absolute Gasteiger partial charge is 0.466 e. The van der Waals surface area contributed by atoms with Crippen molar-refractivity contribution in [2.75, 3.05) is 13.2 Å². The van der Waals surface area contributed by atoms with E-state index in [0.29, 0.717) is 25.9 Å². The topological polar surface area (TPSA) is 95.9 Å². The van der Waals surface area contributed by atoms with Crippen LogP contribution in [0.25, 0.3) is 0 Å². The van der Waals surface area contributed by atoms with Crippen molar-refractivity contribution in [1.29, 1.82) is 0 Å². The highest BCUT2D eigenvalue weighted by atomic mass is 16.5. The third kappa shape index (κ3) is 51.5. The molecule has 0 aromatic heterocycles. The maximum absolute atomic E-state index is 12.4. The van der Waals surface area contributed by atoms with E-state index >= 15 is 0 Å². The maximum atomic E-state index is 12.4. The molecule has 0 saturated heterocycles. The van der Waals surface area contributed by atoms with Gasteiger partial charge in [0.05, 0.1) is 25.4 Å². The Balaban J connectivity index is 3.56. The van der Waals surface area contributed by atoms with Gasteiger partial charge in [0.1, 0.15) is 0 Å². The summed E-state index contributed by atoms with van der Waals surface area (Å²) < 4.78 is 5.46. The highest BCUT2D eigenvalue weighted by molar-refractivity contribution is 5.76. The molecule has 0 fully saturated rings. The van der Waals surface area contributed by atoms with Crippen LogP contribution in [0.4, 0.5) is 0 Å². The number of carbonyl (C=O) groups excluding carboxylic acids is 2. The predicted octanol–water partition coefficient (Wildman–Crippen LogP) is 18.0. The van der Waals surface area contributed by atoms with Gasteiger partial charge in [-0.25, -0.2) is 0 Å². The summed E-state index contributed by atoms with van der Waals surface area (Å²) in [5.41, 5.74) is 0. The molecule has 0 heterocycles. The van der Waals surface area contributed by atoms with Crippen molar-refractivity contribution in [3.8, 4) is 0 Å². The van der Waals surface area contributed by atoms with Crippen molar-refractivity contribution < 1.29 is 24.5 Å². The Labute approximate surface area is 411 Å². The van der Waals surface area contributed by atoms with Gasteiger partial charge < -0.3 is 20.3 Å². The molecule has 66 heavy (non-hydrogen) atoms. The molecule has 6 heteroatoms.